The molecule has 110 valence electrons. The highest BCUT2D eigenvalue weighted by atomic mass is 35.5. The van der Waals surface area contributed by atoms with E-state index in [4.69, 9.17) is 44.3 Å². The van der Waals surface area contributed by atoms with Gasteiger partial charge in [0.25, 0.3) is 0 Å². The fourth-order valence-corrected chi connectivity index (χ4v) is 2.78. The average molecular weight is 346 g/mol. The first kappa shape index (κ1) is 14.8. The monoisotopic (exact) mass is 344 g/mol. The summed E-state index contributed by atoms with van der Waals surface area (Å²) in [6.07, 6.45) is -0.332. The van der Waals surface area contributed by atoms with Crippen LogP contribution in [0.15, 0.2) is 30.3 Å². The third kappa shape index (κ3) is 3.06. The third-order valence-electron chi connectivity index (χ3n) is 3.25. The highest BCUT2D eigenvalue weighted by Gasteiger charge is 2.21. The molecule has 1 heterocycles. The molecule has 2 aromatic carbocycles. The summed E-state index contributed by atoms with van der Waals surface area (Å²) in [5, 5.41) is 11.7. The van der Waals surface area contributed by atoms with Crippen LogP contribution >= 0.6 is 34.8 Å². The number of aliphatic hydroxyl groups excluding tert-OH is 1. The van der Waals surface area contributed by atoms with Crippen molar-refractivity contribution in [2.45, 2.75) is 12.5 Å². The van der Waals surface area contributed by atoms with Crippen LogP contribution in [0.25, 0.3) is 0 Å². The molecule has 2 aromatic rings. The lowest BCUT2D eigenvalue weighted by molar-refractivity contribution is 0.171. The van der Waals surface area contributed by atoms with Crippen LogP contribution in [0.2, 0.25) is 15.1 Å². The van der Waals surface area contributed by atoms with Gasteiger partial charge in [-0.3, -0.25) is 0 Å². The molecule has 1 aliphatic heterocycles. The Kier molecular flexibility index (Phi) is 4.18. The highest BCUT2D eigenvalue weighted by Crippen LogP contribution is 2.41. The maximum absolute atomic E-state index is 10.4. The second kappa shape index (κ2) is 5.93. The number of fused-ring (bicyclic) bond motifs is 1. The fourth-order valence-electron chi connectivity index (χ4n) is 2.19. The van der Waals surface area contributed by atoms with Crippen molar-refractivity contribution in [1.29, 1.82) is 0 Å². The number of aliphatic hydroxyl groups is 1. The van der Waals surface area contributed by atoms with E-state index in [1.165, 1.54) is 0 Å². The summed E-state index contributed by atoms with van der Waals surface area (Å²) in [6, 6.07) is 8.68. The van der Waals surface area contributed by atoms with Crippen LogP contribution in [0.4, 0.5) is 0 Å². The first-order valence-corrected chi connectivity index (χ1v) is 7.39. The largest absolute Gasteiger partial charge is 0.454 e. The third-order valence-corrected chi connectivity index (χ3v) is 4.27. The van der Waals surface area contributed by atoms with Crippen LogP contribution in [0.3, 0.4) is 0 Å². The Morgan fingerprint density at radius 1 is 1.00 bits per heavy atom. The number of hydrogen-bond donors (Lipinski definition) is 1. The molecule has 3 nitrogen and oxygen atoms in total. The minimum absolute atomic E-state index is 0.140. The van der Waals surface area contributed by atoms with Crippen LogP contribution in [0.5, 0.6) is 11.5 Å². The molecule has 0 saturated heterocycles. The number of hydrogen-bond acceptors (Lipinski definition) is 3. The molecule has 3 rings (SSSR count). The molecule has 1 atom stereocenters. The van der Waals surface area contributed by atoms with E-state index in [1.807, 2.05) is 6.07 Å². The van der Waals surface area contributed by atoms with E-state index < -0.39 is 6.10 Å². The Morgan fingerprint density at radius 2 is 1.81 bits per heavy atom. The topological polar surface area (TPSA) is 38.7 Å². The Bertz CT molecular complexity index is 688. The zero-order valence-electron chi connectivity index (χ0n) is 10.8. The zero-order valence-corrected chi connectivity index (χ0v) is 13.0. The lowest BCUT2D eigenvalue weighted by Crippen LogP contribution is -2.02. The minimum Gasteiger partial charge on any atom is -0.454 e. The first-order chi connectivity index (χ1) is 10.0. The molecule has 0 fully saturated rings. The van der Waals surface area contributed by atoms with Gasteiger partial charge in [-0.15, -0.1) is 0 Å². The van der Waals surface area contributed by atoms with Crippen molar-refractivity contribution in [3.63, 3.8) is 0 Å². The average Bonchev–Trinajstić information content (AvgIpc) is 2.92. The predicted molar refractivity (Wildman–Crippen MR) is 82.7 cm³/mol. The van der Waals surface area contributed by atoms with Gasteiger partial charge in [0.05, 0.1) is 21.2 Å². The molecule has 0 radical (unpaired) electrons. The molecule has 1 aliphatic rings. The summed E-state index contributed by atoms with van der Waals surface area (Å²) in [6.45, 7) is 0.140. The smallest absolute Gasteiger partial charge is 0.231 e. The van der Waals surface area contributed by atoms with Crippen LogP contribution < -0.4 is 9.47 Å². The first-order valence-electron chi connectivity index (χ1n) is 6.25. The van der Waals surface area contributed by atoms with Crippen molar-refractivity contribution in [3.05, 3.63) is 56.5 Å². The Balaban J connectivity index is 1.83. The summed E-state index contributed by atoms with van der Waals surface area (Å²) < 4.78 is 10.5. The highest BCUT2D eigenvalue weighted by molar-refractivity contribution is 6.42. The summed E-state index contributed by atoms with van der Waals surface area (Å²) in [5.74, 6) is 1.06. The van der Waals surface area contributed by atoms with Gasteiger partial charge >= 0.3 is 0 Å². The molecule has 0 spiro atoms. The second-order valence-corrected chi connectivity index (χ2v) is 5.93. The van der Waals surface area contributed by atoms with Gasteiger partial charge in [0.2, 0.25) is 6.79 Å². The predicted octanol–water partition coefficient (Wildman–Crippen LogP) is 4.65. The van der Waals surface area contributed by atoms with Gasteiger partial charge in [-0.1, -0.05) is 40.9 Å². The standard InChI is InChI=1S/C15H11Cl3O3/c16-10-2-1-8(3-11(10)17)4-13(19)9-5-12(18)15-14(6-9)20-7-21-15/h1-3,5-6,13,19H,4,7H2. The van der Waals surface area contributed by atoms with Crippen molar-refractivity contribution >= 4 is 34.8 Å². The molecule has 0 aromatic heterocycles. The Morgan fingerprint density at radius 3 is 2.57 bits per heavy atom. The maximum atomic E-state index is 10.4. The van der Waals surface area contributed by atoms with E-state index >= 15 is 0 Å². The van der Waals surface area contributed by atoms with Gasteiger partial charge in [-0.05, 0) is 35.4 Å². The number of rotatable bonds is 3. The Labute approximate surface area is 137 Å². The summed E-state index contributed by atoms with van der Waals surface area (Å²) in [5.41, 5.74) is 1.54. The summed E-state index contributed by atoms with van der Waals surface area (Å²) in [7, 11) is 0. The molecule has 0 bridgehead atoms. The number of benzene rings is 2. The van der Waals surface area contributed by atoms with Gasteiger partial charge < -0.3 is 14.6 Å². The van der Waals surface area contributed by atoms with E-state index in [0.29, 0.717) is 38.6 Å². The summed E-state index contributed by atoms with van der Waals surface area (Å²) in [4.78, 5) is 0. The van der Waals surface area contributed by atoms with Crippen molar-refractivity contribution in [3.8, 4) is 11.5 Å². The fraction of sp³-hybridized carbons (Fsp3) is 0.200. The van der Waals surface area contributed by atoms with E-state index in [-0.39, 0.29) is 6.79 Å². The van der Waals surface area contributed by atoms with E-state index in [0.717, 1.165) is 5.56 Å². The lowest BCUT2D eigenvalue weighted by atomic mass is 10.0. The van der Waals surface area contributed by atoms with Crippen molar-refractivity contribution in [1.82, 2.24) is 0 Å². The van der Waals surface area contributed by atoms with Crippen molar-refractivity contribution < 1.29 is 14.6 Å². The molecule has 1 unspecified atom stereocenters. The number of halogens is 3. The van der Waals surface area contributed by atoms with Crippen molar-refractivity contribution in [2.24, 2.45) is 0 Å². The maximum Gasteiger partial charge on any atom is 0.231 e. The minimum atomic E-state index is -0.728. The quantitative estimate of drug-likeness (QED) is 0.880. The van der Waals surface area contributed by atoms with Crippen LogP contribution in [0, 0.1) is 0 Å². The number of ether oxygens (including phenoxy) is 2. The lowest BCUT2D eigenvalue weighted by Gasteiger charge is -2.13. The van der Waals surface area contributed by atoms with Gasteiger partial charge in [-0.25, -0.2) is 0 Å². The SMILES string of the molecule is OC(Cc1ccc(Cl)c(Cl)c1)c1cc(Cl)c2c(c1)OCO2. The van der Waals surface area contributed by atoms with Gasteiger partial charge in [0, 0.05) is 6.42 Å². The van der Waals surface area contributed by atoms with Gasteiger partial charge in [0.15, 0.2) is 11.5 Å². The zero-order chi connectivity index (χ0) is 15.0. The van der Waals surface area contributed by atoms with E-state index in [2.05, 4.69) is 0 Å². The molecule has 1 N–H and O–H groups in total. The van der Waals surface area contributed by atoms with Crippen molar-refractivity contribution in [2.75, 3.05) is 6.79 Å². The normalized spacial score (nSPS) is 14.3. The molecule has 0 saturated carbocycles. The molecule has 21 heavy (non-hydrogen) atoms. The summed E-state index contributed by atoms with van der Waals surface area (Å²) >= 11 is 18.0. The molecule has 0 amide bonds. The van der Waals surface area contributed by atoms with E-state index in [9.17, 15) is 5.11 Å². The van der Waals surface area contributed by atoms with Gasteiger partial charge in [0.1, 0.15) is 0 Å². The molecular weight excluding hydrogens is 335 g/mol. The molecular formula is C15H11Cl3O3. The van der Waals surface area contributed by atoms with Gasteiger partial charge in [-0.2, -0.15) is 0 Å². The molecule has 0 aliphatic carbocycles. The second-order valence-electron chi connectivity index (χ2n) is 4.70. The van der Waals surface area contributed by atoms with Crippen LogP contribution in [0.1, 0.15) is 17.2 Å². The Hall–Kier alpha value is -1.13. The van der Waals surface area contributed by atoms with Crippen LogP contribution in [-0.2, 0) is 6.42 Å². The van der Waals surface area contributed by atoms with E-state index in [1.54, 1.807) is 24.3 Å². The molecule has 6 heteroatoms. The van der Waals surface area contributed by atoms with Crippen LogP contribution in [-0.4, -0.2) is 11.9 Å².